The van der Waals surface area contributed by atoms with Gasteiger partial charge >= 0.3 is 0 Å². The summed E-state index contributed by atoms with van der Waals surface area (Å²) in [6.45, 7) is 4.29. The molecule has 1 atom stereocenters. The lowest BCUT2D eigenvalue weighted by Gasteiger charge is -2.01. The van der Waals surface area contributed by atoms with Crippen LogP contribution < -0.4 is 0 Å². The summed E-state index contributed by atoms with van der Waals surface area (Å²) in [5, 5.41) is 8.36. The number of allylic oxidation sites excluding steroid dienone is 1. The first-order valence-corrected chi connectivity index (χ1v) is 3.62. The molecule has 0 aliphatic carbocycles. The van der Waals surface area contributed by atoms with Crippen LogP contribution in [-0.2, 0) is 0 Å². The maximum atomic E-state index is 8.36. The Morgan fingerprint density at radius 2 is 2.22 bits per heavy atom. The third kappa shape index (κ3) is 5.41. The molecule has 9 heavy (non-hydrogen) atoms. The highest BCUT2D eigenvalue weighted by Crippen LogP contribution is 2.07. The average molecular weight is 128 g/mol. The van der Waals surface area contributed by atoms with Crippen LogP contribution in [-0.4, -0.2) is 5.11 Å². The molecule has 1 N–H and O–H groups in total. The van der Waals surface area contributed by atoms with E-state index in [-0.39, 0.29) is 0 Å². The molecule has 1 nitrogen and oxygen atoms in total. The molecule has 0 saturated heterocycles. The van der Waals surface area contributed by atoms with Gasteiger partial charge < -0.3 is 5.11 Å². The lowest BCUT2D eigenvalue weighted by molar-refractivity contribution is 0.461. The van der Waals surface area contributed by atoms with Gasteiger partial charge in [0.05, 0.1) is 6.26 Å². The Hall–Kier alpha value is -0.460. The van der Waals surface area contributed by atoms with Crippen molar-refractivity contribution in [2.45, 2.75) is 33.1 Å². The Labute approximate surface area is 57.4 Å². The smallest absolute Gasteiger partial charge is 0.0754 e. The topological polar surface area (TPSA) is 20.2 Å². The summed E-state index contributed by atoms with van der Waals surface area (Å²) >= 11 is 0. The molecule has 0 fully saturated rings. The zero-order valence-corrected chi connectivity index (χ0v) is 6.30. The lowest BCUT2D eigenvalue weighted by Crippen LogP contribution is -1.87. The quantitative estimate of drug-likeness (QED) is 0.577. The summed E-state index contributed by atoms with van der Waals surface area (Å²) in [6, 6.07) is 0. The SMILES string of the molecule is CCCC[C@H](C)C=CO. The van der Waals surface area contributed by atoms with Crippen molar-refractivity contribution in [3.8, 4) is 0 Å². The number of hydrogen-bond donors (Lipinski definition) is 1. The summed E-state index contributed by atoms with van der Waals surface area (Å²) < 4.78 is 0. The highest BCUT2D eigenvalue weighted by Gasteiger charge is 1.93. The lowest BCUT2D eigenvalue weighted by atomic mass is 10.1. The Balaban J connectivity index is 3.15. The van der Waals surface area contributed by atoms with E-state index in [1.165, 1.54) is 19.3 Å². The van der Waals surface area contributed by atoms with E-state index in [0.717, 1.165) is 6.26 Å². The summed E-state index contributed by atoms with van der Waals surface area (Å²) in [6.07, 6.45) is 6.65. The van der Waals surface area contributed by atoms with Crippen molar-refractivity contribution in [3.63, 3.8) is 0 Å². The van der Waals surface area contributed by atoms with Crippen LogP contribution in [0.15, 0.2) is 12.3 Å². The second kappa shape index (κ2) is 5.67. The molecule has 54 valence electrons. The predicted octanol–water partition coefficient (Wildman–Crippen LogP) is 2.88. The molecular formula is C8H16O. The van der Waals surface area contributed by atoms with Crippen LogP contribution in [0.1, 0.15) is 33.1 Å². The highest BCUT2D eigenvalue weighted by molar-refractivity contribution is 4.78. The fraction of sp³-hybridized carbons (Fsp3) is 0.750. The summed E-state index contributed by atoms with van der Waals surface area (Å²) in [4.78, 5) is 0. The highest BCUT2D eigenvalue weighted by atomic mass is 16.2. The second-order valence-corrected chi connectivity index (χ2v) is 2.46. The maximum Gasteiger partial charge on any atom is 0.0754 e. The average Bonchev–Trinajstić information content (AvgIpc) is 1.85. The largest absolute Gasteiger partial charge is 0.516 e. The van der Waals surface area contributed by atoms with Crippen molar-refractivity contribution in [1.82, 2.24) is 0 Å². The normalized spacial score (nSPS) is 14.4. The standard InChI is InChI=1S/C8H16O/c1-3-4-5-8(2)6-7-9/h6-9H,3-5H2,1-2H3/t8-/m0/s1. The van der Waals surface area contributed by atoms with Crippen molar-refractivity contribution in [1.29, 1.82) is 0 Å². The van der Waals surface area contributed by atoms with E-state index >= 15 is 0 Å². The molecule has 0 heterocycles. The molecule has 0 aliphatic heterocycles. The number of aliphatic hydroxyl groups excluding tert-OH is 1. The van der Waals surface area contributed by atoms with Crippen molar-refractivity contribution in [3.05, 3.63) is 12.3 Å². The maximum absolute atomic E-state index is 8.36. The number of aliphatic hydroxyl groups is 1. The van der Waals surface area contributed by atoms with Crippen molar-refractivity contribution in [2.24, 2.45) is 5.92 Å². The van der Waals surface area contributed by atoms with Crippen LogP contribution >= 0.6 is 0 Å². The molecule has 0 radical (unpaired) electrons. The van der Waals surface area contributed by atoms with Gasteiger partial charge in [-0.05, 0) is 18.4 Å². The molecule has 0 aromatic carbocycles. The third-order valence-corrected chi connectivity index (χ3v) is 1.43. The molecule has 0 bridgehead atoms. The molecular weight excluding hydrogens is 112 g/mol. The van der Waals surface area contributed by atoms with Gasteiger partial charge in [-0.1, -0.05) is 26.7 Å². The molecule has 0 rings (SSSR count). The predicted molar refractivity (Wildman–Crippen MR) is 40.5 cm³/mol. The van der Waals surface area contributed by atoms with E-state index in [1.807, 2.05) is 6.08 Å². The van der Waals surface area contributed by atoms with E-state index < -0.39 is 0 Å². The van der Waals surface area contributed by atoms with Crippen LogP contribution in [0.4, 0.5) is 0 Å². The molecule has 0 unspecified atom stereocenters. The second-order valence-electron chi connectivity index (χ2n) is 2.46. The Morgan fingerprint density at radius 1 is 1.56 bits per heavy atom. The van der Waals surface area contributed by atoms with Crippen LogP contribution in [0.3, 0.4) is 0 Å². The molecule has 0 spiro atoms. The molecule has 0 aromatic heterocycles. The monoisotopic (exact) mass is 128 g/mol. The number of hydrogen-bond acceptors (Lipinski definition) is 1. The summed E-state index contributed by atoms with van der Waals surface area (Å²) in [7, 11) is 0. The Morgan fingerprint density at radius 3 is 2.67 bits per heavy atom. The van der Waals surface area contributed by atoms with Crippen molar-refractivity contribution >= 4 is 0 Å². The molecule has 0 aliphatic rings. The van der Waals surface area contributed by atoms with Gasteiger partial charge in [-0.15, -0.1) is 0 Å². The first kappa shape index (κ1) is 8.54. The molecule has 0 aromatic rings. The van der Waals surface area contributed by atoms with Gasteiger partial charge in [0.25, 0.3) is 0 Å². The van der Waals surface area contributed by atoms with Crippen molar-refractivity contribution in [2.75, 3.05) is 0 Å². The van der Waals surface area contributed by atoms with Gasteiger partial charge in [0.2, 0.25) is 0 Å². The summed E-state index contributed by atoms with van der Waals surface area (Å²) in [5.41, 5.74) is 0. The third-order valence-electron chi connectivity index (χ3n) is 1.43. The number of rotatable bonds is 4. The van der Waals surface area contributed by atoms with E-state index in [9.17, 15) is 0 Å². The van der Waals surface area contributed by atoms with Gasteiger partial charge in [-0.2, -0.15) is 0 Å². The zero-order valence-electron chi connectivity index (χ0n) is 6.30. The molecule has 0 saturated carbocycles. The summed E-state index contributed by atoms with van der Waals surface area (Å²) in [5.74, 6) is 0.537. The van der Waals surface area contributed by atoms with Crippen LogP contribution in [0.5, 0.6) is 0 Å². The Kier molecular flexibility index (Phi) is 5.38. The number of unbranched alkanes of at least 4 members (excludes halogenated alkanes) is 1. The van der Waals surface area contributed by atoms with Crippen molar-refractivity contribution < 1.29 is 5.11 Å². The minimum absolute atomic E-state index is 0.537. The first-order valence-electron chi connectivity index (χ1n) is 3.62. The zero-order chi connectivity index (χ0) is 7.11. The van der Waals surface area contributed by atoms with E-state index in [0.29, 0.717) is 5.92 Å². The van der Waals surface area contributed by atoms with Gasteiger partial charge in [0.1, 0.15) is 0 Å². The minimum Gasteiger partial charge on any atom is -0.516 e. The first-order chi connectivity index (χ1) is 4.31. The van der Waals surface area contributed by atoms with Crippen LogP contribution in [0.25, 0.3) is 0 Å². The van der Waals surface area contributed by atoms with E-state index in [2.05, 4.69) is 13.8 Å². The molecule has 0 amide bonds. The van der Waals surface area contributed by atoms with Gasteiger partial charge in [-0.3, -0.25) is 0 Å². The fourth-order valence-electron chi connectivity index (χ4n) is 0.769. The van der Waals surface area contributed by atoms with E-state index in [1.54, 1.807) is 0 Å². The van der Waals surface area contributed by atoms with Crippen LogP contribution in [0, 0.1) is 5.92 Å². The Bertz CT molecular complexity index is 76.6. The van der Waals surface area contributed by atoms with Gasteiger partial charge in [0, 0.05) is 0 Å². The van der Waals surface area contributed by atoms with Crippen LogP contribution in [0.2, 0.25) is 0 Å². The van der Waals surface area contributed by atoms with E-state index in [4.69, 9.17) is 5.11 Å². The minimum atomic E-state index is 0.537. The van der Waals surface area contributed by atoms with Gasteiger partial charge in [-0.25, -0.2) is 0 Å². The van der Waals surface area contributed by atoms with Gasteiger partial charge in [0.15, 0.2) is 0 Å². The fourth-order valence-corrected chi connectivity index (χ4v) is 0.769. The molecule has 1 heteroatoms.